The number of rotatable bonds is 3. The average Bonchev–Trinajstić information content (AvgIpc) is 2.86. The number of hydrogen-bond acceptors (Lipinski definition) is 5. The van der Waals surface area contributed by atoms with Gasteiger partial charge in [0.2, 0.25) is 0 Å². The maximum absolute atomic E-state index is 12.4. The highest BCUT2D eigenvalue weighted by atomic mass is 35.5. The molecule has 1 fully saturated rings. The molecule has 0 N–H and O–H groups in total. The van der Waals surface area contributed by atoms with Crippen LogP contribution in [0.4, 0.5) is 0 Å². The number of nitrogens with zero attached hydrogens (tertiary/aromatic N) is 2. The Balaban J connectivity index is 2.16. The van der Waals surface area contributed by atoms with Crippen LogP contribution in [0.3, 0.4) is 0 Å². The number of thioether (sulfide) groups is 1. The van der Waals surface area contributed by atoms with Crippen molar-refractivity contribution in [3.8, 4) is 6.07 Å². The highest BCUT2D eigenvalue weighted by molar-refractivity contribution is 8.00. The van der Waals surface area contributed by atoms with Crippen molar-refractivity contribution in [3.05, 3.63) is 16.5 Å². The van der Waals surface area contributed by atoms with Crippen molar-refractivity contribution in [2.45, 2.75) is 21.8 Å². The fourth-order valence-corrected chi connectivity index (χ4v) is 5.77. The Bertz CT molecular complexity index is 598. The summed E-state index contributed by atoms with van der Waals surface area (Å²) < 4.78 is 26.5. The van der Waals surface area contributed by atoms with Gasteiger partial charge in [-0.05, 0) is 31.2 Å². The van der Waals surface area contributed by atoms with Gasteiger partial charge in [-0.15, -0.1) is 23.1 Å². The summed E-state index contributed by atoms with van der Waals surface area (Å²) in [5.74, 6) is 0. The van der Waals surface area contributed by atoms with Gasteiger partial charge in [-0.25, -0.2) is 8.42 Å². The molecule has 0 aromatic carbocycles. The van der Waals surface area contributed by atoms with Crippen molar-refractivity contribution in [2.75, 3.05) is 19.3 Å². The van der Waals surface area contributed by atoms with Crippen LogP contribution in [0.25, 0.3) is 0 Å². The van der Waals surface area contributed by atoms with E-state index in [1.165, 1.54) is 22.1 Å². The zero-order valence-electron chi connectivity index (χ0n) is 10.3. The number of halogens is 1. The van der Waals surface area contributed by atoms with Gasteiger partial charge in [-0.1, -0.05) is 11.6 Å². The summed E-state index contributed by atoms with van der Waals surface area (Å²) in [5.41, 5.74) is 0. The monoisotopic (exact) mass is 336 g/mol. The van der Waals surface area contributed by atoms with Crippen molar-refractivity contribution < 1.29 is 8.42 Å². The molecule has 0 aliphatic carbocycles. The zero-order valence-corrected chi connectivity index (χ0v) is 13.5. The maximum atomic E-state index is 12.4. The number of thiophene rings is 1. The summed E-state index contributed by atoms with van der Waals surface area (Å²) in [5, 5.41) is 9.20. The molecular weight excluding hydrogens is 324 g/mol. The first-order valence-electron chi connectivity index (χ1n) is 5.65. The van der Waals surface area contributed by atoms with E-state index < -0.39 is 14.8 Å². The van der Waals surface area contributed by atoms with Crippen LogP contribution in [0.15, 0.2) is 16.3 Å². The number of piperidine rings is 1. The van der Waals surface area contributed by atoms with Crippen molar-refractivity contribution in [1.82, 2.24) is 4.31 Å². The summed E-state index contributed by atoms with van der Waals surface area (Å²) in [6.07, 6.45) is 3.01. The Labute approximate surface area is 126 Å². The topological polar surface area (TPSA) is 61.2 Å². The van der Waals surface area contributed by atoms with Gasteiger partial charge in [0, 0.05) is 13.1 Å². The number of sulfonamides is 1. The standard InChI is InChI=1S/C11H13ClN2O2S3/c1-17-11(8-13)4-6-14(7-5-11)19(15,16)10-3-2-9(12)18-10/h2-3H,4-7H2,1H3. The molecule has 1 saturated heterocycles. The number of hydrogen-bond donors (Lipinski definition) is 0. The molecule has 1 aliphatic heterocycles. The third-order valence-corrected chi connectivity index (χ3v) is 8.15. The molecule has 2 rings (SSSR count). The Morgan fingerprint density at radius 2 is 2.11 bits per heavy atom. The Hall–Kier alpha value is -0.260. The fourth-order valence-electron chi connectivity index (χ4n) is 2.01. The molecule has 0 bridgehead atoms. The lowest BCUT2D eigenvalue weighted by molar-refractivity contribution is 0.328. The minimum absolute atomic E-state index is 0.270. The fraction of sp³-hybridized carbons (Fsp3) is 0.545. The van der Waals surface area contributed by atoms with E-state index in [9.17, 15) is 13.7 Å². The minimum Gasteiger partial charge on any atom is -0.206 e. The third-order valence-electron chi connectivity index (χ3n) is 3.27. The minimum atomic E-state index is -3.46. The van der Waals surface area contributed by atoms with Gasteiger partial charge in [-0.2, -0.15) is 9.57 Å². The van der Waals surface area contributed by atoms with Gasteiger partial charge in [0.1, 0.15) is 8.96 Å². The third kappa shape index (κ3) is 2.93. The van der Waals surface area contributed by atoms with Gasteiger partial charge in [-0.3, -0.25) is 0 Å². The molecule has 1 aromatic heterocycles. The maximum Gasteiger partial charge on any atom is 0.252 e. The van der Waals surface area contributed by atoms with Crippen LogP contribution in [-0.4, -0.2) is 36.8 Å². The van der Waals surface area contributed by atoms with Crippen LogP contribution < -0.4 is 0 Å². The molecule has 0 unspecified atom stereocenters. The van der Waals surface area contributed by atoms with Crippen LogP contribution >= 0.6 is 34.7 Å². The highest BCUT2D eigenvalue weighted by Crippen LogP contribution is 2.36. The quantitative estimate of drug-likeness (QED) is 0.851. The predicted molar refractivity (Wildman–Crippen MR) is 79.2 cm³/mol. The van der Waals surface area contributed by atoms with Crippen LogP contribution in [0.5, 0.6) is 0 Å². The van der Waals surface area contributed by atoms with E-state index in [1.54, 1.807) is 6.07 Å². The lowest BCUT2D eigenvalue weighted by atomic mass is 9.99. The van der Waals surface area contributed by atoms with E-state index in [0.717, 1.165) is 11.3 Å². The predicted octanol–water partition coefficient (Wildman–Crippen LogP) is 2.81. The van der Waals surface area contributed by atoms with Crippen molar-refractivity contribution in [3.63, 3.8) is 0 Å². The summed E-state index contributed by atoms with van der Waals surface area (Å²) in [4.78, 5) is 0. The van der Waals surface area contributed by atoms with E-state index in [2.05, 4.69) is 6.07 Å². The summed E-state index contributed by atoms with van der Waals surface area (Å²) in [6, 6.07) is 5.42. The van der Waals surface area contributed by atoms with Crippen molar-refractivity contribution in [2.24, 2.45) is 0 Å². The molecule has 104 valence electrons. The molecule has 1 aliphatic rings. The normalized spacial score (nSPS) is 20.1. The molecule has 0 saturated carbocycles. The van der Waals surface area contributed by atoms with Crippen LogP contribution in [0, 0.1) is 11.3 Å². The highest BCUT2D eigenvalue weighted by Gasteiger charge is 2.38. The largest absolute Gasteiger partial charge is 0.252 e. The lowest BCUT2D eigenvalue weighted by Crippen LogP contribution is -2.44. The summed E-state index contributed by atoms with van der Waals surface area (Å²) in [7, 11) is -3.46. The molecule has 0 atom stereocenters. The molecule has 8 heteroatoms. The lowest BCUT2D eigenvalue weighted by Gasteiger charge is -2.35. The second kappa shape index (κ2) is 5.62. The SMILES string of the molecule is CSC1(C#N)CCN(S(=O)(=O)c2ccc(Cl)s2)CC1. The van der Waals surface area contributed by atoms with Crippen LogP contribution in [0.2, 0.25) is 4.34 Å². The van der Waals surface area contributed by atoms with Gasteiger partial charge in [0.05, 0.1) is 10.4 Å². The zero-order chi connectivity index (χ0) is 14.1. The molecule has 0 radical (unpaired) electrons. The molecule has 0 amide bonds. The Morgan fingerprint density at radius 3 is 2.53 bits per heavy atom. The van der Waals surface area contributed by atoms with Gasteiger partial charge >= 0.3 is 0 Å². The Morgan fingerprint density at radius 1 is 1.47 bits per heavy atom. The summed E-state index contributed by atoms with van der Waals surface area (Å²) in [6.45, 7) is 0.762. The molecule has 19 heavy (non-hydrogen) atoms. The van der Waals surface area contributed by atoms with E-state index in [0.29, 0.717) is 30.3 Å². The smallest absolute Gasteiger partial charge is 0.206 e. The first kappa shape index (κ1) is 15.1. The Kier molecular flexibility index (Phi) is 4.48. The van der Waals surface area contributed by atoms with Crippen LogP contribution in [-0.2, 0) is 10.0 Å². The second-order valence-corrected chi connectivity index (χ2v) is 9.34. The van der Waals surface area contributed by atoms with Gasteiger partial charge in [0.25, 0.3) is 10.0 Å². The first-order valence-corrected chi connectivity index (χ1v) is 9.51. The molecular formula is C11H13ClN2O2S3. The molecule has 1 aromatic rings. The summed E-state index contributed by atoms with van der Waals surface area (Å²) >= 11 is 8.35. The first-order chi connectivity index (χ1) is 8.93. The average molecular weight is 337 g/mol. The van der Waals surface area contributed by atoms with Gasteiger partial charge in [0.15, 0.2) is 0 Å². The van der Waals surface area contributed by atoms with E-state index in [4.69, 9.17) is 11.6 Å². The molecule has 4 nitrogen and oxygen atoms in total. The van der Waals surface area contributed by atoms with Crippen molar-refractivity contribution >= 4 is 44.7 Å². The van der Waals surface area contributed by atoms with E-state index >= 15 is 0 Å². The van der Waals surface area contributed by atoms with Gasteiger partial charge < -0.3 is 0 Å². The van der Waals surface area contributed by atoms with Crippen LogP contribution in [0.1, 0.15) is 12.8 Å². The van der Waals surface area contributed by atoms with E-state index in [1.807, 2.05) is 6.26 Å². The second-order valence-electron chi connectivity index (χ2n) is 4.27. The molecule has 2 heterocycles. The molecule has 0 spiro atoms. The number of nitriles is 1. The van der Waals surface area contributed by atoms with Crippen molar-refractivity contribution in [1.29, 1.82) is 5.26 Å². The van der Waals surface area contributed by atoms with E-state index in [-0.39, 0.29) is 4.21 Å².